The van der Waals surface area contributed by atoms with Crippen molar-refractivity contribution < 1.29 is 22.5 Å². The van der Waals surface area contributed by atoms with E-state index in [1.807, 2.05) is 6.92 Å². The van der Waals surface area contributed by atoms with Gasteiger partial charge in [0.05, 0.1) is 18.6 Å². The molecule has 2 aromatic rings. The molecular formula is C16H21N3O5S. The molecule has 1 amide bonds. The van der Waals surface area contributed by atoms with Crippen LogP contribution in [-0.2, 0) is 14.8 Å². The molecule has 1 heterocycles. The predicted molar refractivity (Wildman–Crippen MR) is 91.8 cm³/mol. The lowest BCUT2D eigenvalue weighted by atomic mass is 10.2. The first kappa shape index (κ1) is 18.9. The third-order valence-electron chi connectivity index (χ3n) is 3.75. The van der Waals surface area contributed by atoms with Crippen LogP contribution in [0.2, 0.25) is 0 Å². The minimum absolute atomic E-state index is 0.0998. The van der Waals surface area contributed by atoms with Crippen LogP contribution in [0, 0.1) is 0 Å². The molecule has 0 bridgehead atoms. The first-order valence-electron chi connectivity index (χ1n) is 7.74. The van der Waals surface area contributed by atoms with Gasteiger partial charge in [0.2, 0.25) is 15.9 Å². The van der Waals surface area contributed by atoms with Crippen LogP contribution in [0.4, 0.5) is 5.82 Å². The molecule has 0 saturated heterocycles. The van der Waals surface area contributed by atoms with Gasteiger partial charge in [-0.05, 0) is 37.6 Å². The van der Waals surface area contributed by atoms with Crippen LogP contribution in [0.1, 0.15) is 20.3 Å². The van der Waals surface area contributed by atoms with Crippen molar-refractivity contribution in [2.24, 2.45) is 0 Å². The van der Waals surface area contributed by atoms with Gasteiger partial charge in [0.25, 0.3) is 0 Å². The number of benzene rings is 1. The Bertz CT molecular complexity index is 788. The molecule has 8 nitrogen and oxygen atoms in total. The molecule has 1 atom stereocenters. The summed E-state index contributed by atoms with van der Waals surface area (Å²) >= 11 is 0. The number of sulfonamides is 1. The van der Waals surface area contributed by atoms with Crippen LogP contribution >= 0.6 is 0 Å². The number of nitrogens with one attached hydrogen (secondary N) is 1. The van der Waals surface area contributed by atoms with E-state index in [4.69, 9.17) is 4.74 Å². The van der Waals surface area contributed by atoms with Gasteiger partial charge < -0.3 is 14.6 Å². The summed E-state index contributed by atoms with van der Waals surface area (Å²) < 4.78 is 36.7. The second kappa shape index (κ2) is 8.13. The highest BCUT2D eigenvalue weighted by atomic mass is 32.2. The number of nitrogens with zero attached hydrogens (tertiary/aromatic N) is 2. The molecule has 0 aliphatic heterocycles. The van der Waals surface area contributed by atoms with Crippen LogP contribution in [0.25, 0.3) is 0 Å². The van der Waals surface area contributed by atoms with E-state index in [0.29, 0.717) is 12.2 Å². The summed E-state index contributed by atoms with van der Waals surface area (Å²) in [6, 6.07) is 7.17. The van der Waals surface area contributed by atoms with Crippen molar-refractivity contribution in [3.05, 3.63) is 36.6 Å². The standard InChI is InChI=1S/C16H21N3O5S/c1-4-12(2)19(11-16(20)17-15-9-10-24-18-15)25(21,22)14-7-5-13(23-3)6-8-14/h5-10,12H,4,11H2,1-3H3,(H,17,18,20). The quantitative estimate of drug-likeness (QED) is 0.767. The Kier molecular flexibility index (Phi) is 6.16. The van der Waals surface area contributed by atoms with Gasteiger partial charge in [-0.25, -0.2) is 8.42 Å². The molecule has 136 valence electrons. The number of hydrogen-bond acceptors (Lipinski definition) is 6. The largest absolute Gasteiger partial charge is 0.497 e. The number of amides is 1. The predicted octanol–water partition coefficient (Wildman–Crippen LogP) is 2.11. The fourth-order valence-corrected chi connectivity index (χ4v) is 3.83. The number of carbonyl (C=O) groups is 1. The molecule has 0 aliphatic carbocycles. The van der Waals surface area contributed by atoms with E-state index in [-0.39, 0.29) is 23.3 Å². The number of rotatable bonds is 8. The molecule has 0 saturated carbocycles. The molecule has 1 N–H and O–H groups in total. The molecule has 0 fully saturated rings. The summed E-state index contributed by atoms with van der Waals surface area (Å²) in [5.74, 6) is 0.292. The van der Waals surface area contributed by atoms with Gasteiger partial charge in [0.1, 0.15) is 12.0 Å². The van der Waals surface area contributed by atoms with Crippen molar-refractivity contribution in [2.75, 3.05) is 19.0 Å². The van der Waals surface area contributed by atoms with Crippen LogP contribution in [-0.4, -0.2) is 43.5 Å². The van der Waals surface area contributed by atoms with Crippen LogP contribution < -0.4 is 10.1 Å². The van der Waals surface area contributed by atoms with Gasteiger partial charge in [-0.2, -0.15) is 4.31 Å². The fraction of sp³-hybridized carbons (Fsp3) is 0.375. The highest BCUT2D eigenvalue weighted by Gasteiger charge is 2.30. The topological polar surface area (TPSA) is 102 Å². The van der Waals surface area contributed by atoms with Gasteiger partial charge in [0.15, 0.2) is 5.82 Å². The molecule has 1 aromatic heterocycles. The summed E-state index contributed by atoms with van der Waals surface area (Å²) in [6.45, 7) is 3.29. The zero-order valence-electron chi connectivity index (χ0n) is 14.3. The molecule has 2 rings (SSSR count). The van der Waals surface area contributed by atoms with E-state index in [1.165, 1.54) is 35.9 Å². The first-order valence-corrected chi connectivity index (χ1v) is 9.18. The Morgan fingerprint density at radius 2 is 2.00 bits per heavy atom. The Balaban J connectivity index is 2.23. The second-order valence-electron chi connectivity index (χ2n) is 5.42. The Labute approximate surface area is 146 Å². The second-order valence-corrected chi connectivity index (χ2v) is 7.31. The molecule has 1 aromatic carbocycles. The van der Waals surface area contributed by atoms with Crippen molar-refractivity contribution >= 4 is 21.7 Å². The van der Waals surface area contributed by atoms with E-state index in [1.54, 1.807) is 19.1 Å². The smallest absolute Gasteiger partial charge is 0.243 e. The molecule has 1 unspecified atom stereocenters. The van der Waals surface area contributed by atoms with Crippen molar-refractivity contribution in [3.8, 4) is 5.75 Å². The maximum absolute atomic E-state index is 12.9. The van der Waals surface area contributed by atoms with Gasteiger partial charge in [-0.3, -0.25) is 4.79 Å². The van der Waals surface area contributed by atoms with E-state index >= 15 is 0 Å². The monoisotopic (exact) mass is 367 g/mol. The molecule has 9 heteroatoms. The van der Waals surface area contributed by atoms with E-state index < -0.39 is 15.9 Å². The lowest BCUT2D eigenvalue weighted by Gasteiger charge is -2.27. The maximum Gasteiger partial charge on any atom is 0.243 e. The van der Waals surface area contributed by atoms with E-state index in [2.05, 4.69) is 15.0 Å². The van der Waals surface area contributed by atoms with E-state index in [0.717, 1.165) is 0 Å². The summed E-state index contributed by atoms with van der Waals surface area (Å²) in [7, 11) is -2.34. The number of anilines is 1. The third-order valence-corrected chi connectivity index (χ3v) is 5.73. The molecule has 0 radical (unpaired) electrons. The Morgan fingerprint density at radius 1 is 1.32 bits per heavy atom. The van der Waals surface area contributed by atoms with Crippen molar-refractivity contribution in [2.45, 2.75) is 31.2 Å². The Morgan fingerprint density at radius 3 is 2.52 bits per heavy atom. The van der Waals surface area contributed by atoms with Gasteiger partial charge in [-0.1, -0.05) is 12.1 Å². The van der Waals surface area contributed by atoms with Crippen molar-refractivity contribution in [3.63, 3.8) is 0 Å². The maximum atomic E-state index is 12.9. The molecule has 25 heavy (non-hydrogen) atoms. The van der Waals surface area contributed by atoms with Gasteiger partial charge >= 0.3 is 0 Å². The highest BCUT2D eigenvalue weighted by Crippen LogP contribution is 2.22. The van der Waals surface area contributed by atoms with Crippen LogP contribution in [0.15, 0.2) is 46.0 Å². The van der Waals surface area contributed by atoms with Crippen molar-refractivity contribution in [1.29, 1.82) is 0 Å². The lowest BCUT2D eigenvalue weighted by Crippen LogP contribution is -2.43. The minimum atomic E-state index is -3.84. The first-order chi connectivity index (χ1) is 11.9. The number of methoxy groups -OCH3 is 1. The zero-order chi connectivity index (χ0) is 18.4. The average Bonchev–Trinajstić information content (AvgIpc) is 3.11. The molecular weight excluding hydrogens is 346 g/mol. The SMILES string of the molecule is CCC(C)N(CC(=O)Nc1ccon1)S(=O)(=O)c1ccc(OC)cc1. The molecule has 0 aliphatic rings. The van der Waals surface area contributed by atoms with E-state index in [9.17, 15) is 13.2 Å². The zero-order valence-corrected chi connectivity index (χ0v) is 15.1. The molecule has 0 spiro atoms. The summed E-state index contributed by atoms with van der Waals surface area (Å²) in [4.78, 5) is 12.3. The van der Waals surface area contributed by atoms with Crippen molar-refractivity contribution in [1.82, 2.24) is 9.46 Å². The average molecular weight is 367 g/mol. The summed E-state index contributed by atoms with van der Waals surface area (Å²) in [6.07, 6.45) is 1.88. The minimum Gasteiger partial charge on any atom is -0.497 e. The lowest BCUT2D eigenvalue weighted by molar-refractivity contribution is -0.116. The number of aromatic nitrogens is 1. The summed E-state index contributed by atoms with van der Waals surface area (Å²) in [5.41, 5.74) is 0. The van der Waals surface area contributed by atoms with Gasteiger partial charge in [-0.15, -0.1) is 0 Å². The third kappa shape index (κ3) is 4.58. The highest BCUT2D eigenvalue weighted by molar-refractivity contribution is 7.89. The van der Waals surface area contributed by atoms with Crippen LogP contribution in [0.3, 0.4) is 0 Å². The van der Waals surface area contributed by atoms with Gasteiger partial charge in [0, 0.05) is 12.1 Å². The number of hydrogen-bond donors (Lipinski definition) is 1. The number of ether oxygens (including phenoxy) is 1. The van der Waals surface area contributed by atoms with Crippen LogP contribution in [0.5, 0.6) is 5.75 Å². The normalized spacial score (nSPS) is 12.8. The number of carbonyl (C=O) groups excluding carboxylic acids is 1. The Hall–Kier alpha value is -2.39. The summed E-state index contributed by atoms with van der Waals surface area (Å²) in [5, 5.41) is 6.08. The fourth-order valence-electron chi connectivity index (χ4n) is 2.17.